The molecule has 0 atom stereocenters. The minimum absolute atomic E-state index is 0.0422. The summed E-state index contributed by atoms with van der Waals surface area (Å²) in [7, 11) is -4.20. The average Bonchev–Trinajstić information content (AvgIpc) is 2.74. The lowest BCUT2D eigenvalue weighted by Gasteiger charge is -2.36. The summed E-state index contributed by atoms with van der Waals surface area (Å²) in [6.07, 6.45) is 0. The molecule has 158 valence electrons. The molecule has 0 N–H and O–H groups in total. The third-order valence-corrected chi connectivity index (χ3v) is 6.90. The van der Waals surface area contributed by atoms with Crippen LogP contribution in [-0.2, 0) is 16.6 Å². The first-order valence-corrected chi connectivity index (χ1v) is 11.0. The number of nitro benzene ring substituents is 1. The summed E-state index contributed by atoms with van der Waals surface area (Å²) in [6.45, 7) is 1.63. The number of amides is 2. The van der Waals surface area contributed by atoms with Gasteiger partial charge in [-0.2, -0.15) is 4.31 Å². The van der Waals surface area contributed by atoms with Crippen molar-refractivity contribution in [3.05, 3.63) is 93.0 Å². The number of hydrogen-bond donors (Lipinski definition) is 0. The van der Waals surface area contributed by atoms with Gasteiger partial charge in [0.15, 0.2) is 0 Å². The molecular weight excluding hydrogens is 442 g/mol. The second kappa shape index (κ2) is 7.68. The standard InChI is InChI=1S/C21H16ClN3O5S/c1-14-9-10-16(22)12-19(14)24-21(26)23(13-15-5-4-6-17(11-15)25(27)28)18-7-2-3-8-20(18)31(24,29)30/h2-12H,13H2,1H3. The summed E-state index contributed by atoms with van der Waals surface area (Å²) in [5, 5.41) is 11.4. The Hall–Kier alpha value is -3.43. The molecule has 2 amide bonds. The van der Waals surface area contributed by atoms with Gasteiger partial charge in [0.2, 0.25) is 0 Å². The van der Waals surface area contributed by atoms with Crippen LogP contribution in [0.2, 0.25) is 5.02 Å². The van der Waals surface area contributed by atoms with Crippen LogP contribution >= 0.6 is 11.6 Å². The van der Waals surface area contributed by atoms with Crippen molar-refractivity contribution >= 4 is 44.7 Å². The number of nitro groups is 1. The SMILES string of the molecule is Cc1ccc(Cl)cc1N1C(=O)N(Cc2cccc([N+](=O)[O-])c2)c2ccccc2S1(=O)=O. The van der Waals surface area contributed by atoms with Crippen LogP contribution < -0.4 is 9.21 Å². The Labute approximate surface area is 183 Å². The lowest BCUT2D eigenvalue weighted by atomic mass is 10.1. The number of hydrogen-bond acceptors (Lipinski definition) is 5. The van der Waals surface area contributed by atoms with Gasteiger partial charge in [-0.15, -0.1) is 0 Å². The number of non-ortho nitro benzene ring substituents is 1. The molecular formula is C21H16ClN3O5S. The van der Waals surface area contributed by atoms with Gasteiger partial charge in [-0.25, -0.2) is 13.2 Å². The first-order chi connectivity index (χ1) is 14.7. The molecule has 0 saturated carbocycles. The minimum Gasteiger partial charge on any atom is -0.287 e. The van der Waals surface area contributed by atoms with Gasteiger partial charge in [0.05, 0.1) is 22.8 Å². The number of para-hydroxylation sites is 1. The van der Waals surface area contributed by atoms with Gasteiger partial charge in [0, 0.05) is 17.2 Å². The Morgan fingerprint density at radius 2 is 1.74 bits per heavy atom. The lowest BCUT2D eigenvalue weighted by Crippen LogP contribution is -2.51. The van der Waals surface area contributed by atoms with E-state index in [4.69, 9.17) is 11.6 Å². The van der Waals surface area contributed by atoms with E-state index in [0.717, 1.165) is 4.31 Å². The first-order valence-electron chi connectivity index (χ1n) is 9.15. The molecule has 0 radical (unpaired) electrons. The predicted octanol–water partition coefficient (Wildman–Crippen LogP) is 4.89. The third kappa shape index (κ3) is 3.62. The van der Waals surface area contributed by atoms with Crippen LogP contribution in [0.15, 0.2) is 71.6 Å². The molecule has 1 aliphatic heterocycles. The predicted molar refractivity (Wildman–Crippen MR) is 117 cm³/mol. The monoisotopic (exact) mass is 457 g/mol. The maximum absolute atomic E-state index is 13.5. The molecule has 0 unspecified atom stereocenters. The Kier molecular flexibility index (Phi) is 5.16. The highest BCUT2D eigenvalue weighted by molar-refractivity contribution is 7.94. The second-order valence-corrected chi connectivity index (χ2v) is 9.16. The number of aryl methyl sites for hydroxylation is 1. The van der Waals surface area contributed by atoms with E-state index in [9.17, 15) is 23.3 Å². The van der Waals surface area contributed by atoms with Crippen molar-refractivity contribution in [2.24, 2.45) is 0 Å². The summed E-state index contributed by atoms with van der Waals surface area (Å²) in [4.78, 5) is 25.3. The number of halogens is 1. The molecule has 0 aliphatic carbocycles. The number of rotatable bonds is 4. The molecule has 10 heteroatoms. The number of sulfonamides is 1. The van der Waals surface area contributed by atoms with E-state index in [1.165, 1.54) is 41.3 Å². The summed E-state index contributed by atoms with van der Waals surface area (Å²) < 4.78 is 27.5. The topological polar surface area (TPSA) is 101 Å². The van der Waals surface area contributed by atoms with E-state index in [2.05, 4.69) is 0 Å². The summed E-state index contributed by atoms with van der Waals surface area (Å²) in [5.74, 6) is 0. The van der Waals surface area contributed by atoms with E-state index in [0.29, 0.717) is 11.1 Å². The number of carbonyl (C=O) groups is 1. The maximum atomic E-state index is 13.5. The van der Waals surface area contributed by atoms with Gasteiger partial charge in [-0.3, -0.25) is 15.0 Å². The highest BCUT2D eigenvalue weighted by atomic mass is 35.5. The van der Waals surface area contributed by atoms with Crippen LogP contribution in [0.1, 0.15) is 11.1 Å². The Morgan fingerprint density at radius 3 is 2.48 bits per heavy atom. The fourth-order valence-electron chi connectivity index (χ4n) is 3.45. The lowest BCUT2D eigenvalue weighted by molar-refractivity contribution is -0.384. The highest BCUT2D eigenvalue weighted by Crippen LogP contribution is 2.39. The zero-order valence-electron chi connectivity index (χ0n) is 16.2. The van der Waals surface area contributed by atoms with Crippen molar-refractivity contribution in [3.63, 3.8) is 0 Å². The molecule has 3 aromatic rings. The zero-order valence-corrected chi connectivity index (χ0v) is 17.8. The van der Waals surface area contributed by atoms with Gasteiger partial charge in [-0.1, -0.05) is 41.9 Å². The normalized spacial score (nSPS) is 15.0. The Bertz CT molecular complexity index is 1330. The Morgan fingerprint density at radius 1 is 1.00 bits per heavy atom. The van der Waals surface area contributed by atoms with Crippen LogP contribution in [0, 0.1) is 17.0 Å². The van der Waals surface area contributed by atoms with Crippen molar-refractivity contribution < 1.29 is 18.1 Å². The van der Waals surface area contributed by atoms with Crippen LogP contribution in [-0.4, -0.2) is 19.4 Å². The molecule has 0 aromatic heterocycles. The fraction of sp³-hybridized carbons (Fsp3) is 0.0952. The minimum atomic E-state index is -4.20. The summed E-state index contributed by atoms with van der Waals surface area (Å²) in [5.41, 5.74) is 1.27. The Balaban J connectivity index is 1.88. The van der Waals surface area contributed by atoms with Crippen molar-refractivity contribution in [2.75, 3.05) is 9.21 Å². The molecule has 1 heterocycles. The van der Waals surface area contributed by atoms with Crippen molar-refractivity contribution in [1.82, 2.24) is 0 Å². The van der Waals surface area contributed by atoms with E-state index >= 15 is 0 Å². The highest BCUT2D eigenvalue weighted by Gasteiger charge is 2.43. The van der Waals surface area contributed by atoms with Gasteiger partial charge in [0.25, 0.3) is 15.7 Å². The number of nitrogens with zero attached hydrogens (tertiary/aromatic N) is 3. The molecule has 0 spiro atoms. The van der Waals surface area contributed by atoms with Crippen LogP contribution in [0.3, 0.4) is 0 Å². The average molecular weight is 458 g/mol. The van der Waals surface area contributed by atoms with E-state index < -0.39 is 21.0 Å². The van der Waals surface area contributed by atoms with Crippen molar-refractivity contribution in [1.29, 1.82) is 0 Å². The summed E-state index contributed by atoms with van der Waals surface area (Å²) >= 11 is 6.08. The zero-order chi connectivity index (χ0) is 22.3. The summed E-state index contributed by atoms with van der Waals surface area (Å²) in [6, 6.07) is 15.9. The van der Waals surface area contributed by atoms with Crippen LogP contribution in [0.5, 0.6) is 0 Å². The van der Waals surface area contributed by atoms with Gasteiger partial charge in [-0.05, 0) is 42.3 Å². The fourth-order valence-corrected chi connectivity index (χ4v) is 5.27. The smallest absolute Gasteiger partial charge is 0.287 e. The van der Waals surface area contributed by atoms with Crippen molar-refractivity contribution in [3.8, 4) is 0 Å². The molecule has 31 heavy (non-hydrogen) atoms. The molecule has 4 rings (SSSR count). The van der Waals surface area contributed by atoms with Crippen LogP contribution in [0.25, 0.3) is 0 Å². The largest absolute Gasteiger partial charge is 0.343 e. The number of benzene rings is 3. The third-order valence-electron chi connectivity index (χ3n) is 4.93. The molecule has 3 aromatic carbocycles. The second-order valence-electron chi connectivity index (χ2n) is 6.96. The van der Waals surface area contributed by atoms with Gasteiger partial charge in [0.1, 0.15) is 4.90 Å². The van der Waals surface area contributed by atoms with E-state index in [1.54, 1.807) is 37.3 Å². The molecule has 0 saturated heterocycles. The number of carbonyl (C=O) groups excluding carboxylic acids is 1. The molecule has 0 bridgehead atoms. The van der Waals surface area contributed by atoms with Gasteiger partial charge >= 0.3 is 6.03 Å². The quantitative estimate of drug-likeness (QED) is 0.410. The van der Waals surface area contributed by atoms with E-state index in [1.807, 2.05) is 0 Å². The number of fused-ring (bicyclic) bond motifs is 1. The van der Waals surface area contributed by atoms with Crippen LogP contribution in [0.4, 0.5) is 21.9 Å². The van der Waals surface area contributed by atoms with E-state index in [-0.39, 0.29) is 33.5 Å². The van der Waals surface area contributed by atoms with Gasteiger partial charge < -0.3 is 0 Å². The number of urea groups is 1. The maximum Gasteiger partial charge on any atom is 0.343 e. The molecule has 0 fully saturated rings. The van der Waals surface area contributed by atoms with Crippen molar-refractivity contribution in [2.45, 2.75) is 18.4 Å². The number of anilines is 2. The molecule has 8 nitrogen and oxygen atoms in total. The first kappa shape index (κ1) is 20.8. The molecule has 1 aliphatic rings.